The van der Waals surface area contributed by atoms with E-state index in [1.165, 1.54) is 44.1 Å². The first kappa shape index (κ1) is 12.8. The molecule has 1 aliphatic carbocycles. The minimum Gasteiger partial charge on any atom is -0.389 e. The van der Waals surface area contributed by atoms with Gasteiger partial charge in [-0.05, 0) is 43.6 Å². The van der Waals surface area contributed by atoms with Crippen LogP contribution >= 0.6 is 0 Å². The maximum Gasteiger partial charge on any atom is 0.0752 e. The molecule has 0 aromatic heterocycles. The summed E-state index contributed by atoms with van der Waals surface area (Å²) >= 11 is 0. The molecule has 1 rings (SSSR count). The lowest BCUT2D eigenvalue weighted by atomic mass is 9.91. The maximum atomic E-state index is 10.1. The van der Waals surface area contributed by atoms with Crippen molar-refractivity contribution in [2.24, 2.45) is 5.92 Å². The molecule has 15 heavy (non-hydrogen) atoms. The predicted octanol–water partition coefficient (Wildman–Crippen LogP) is 4.06. The van der Waals surface area contributed by atoms with Crippen molar-refractivity contribution in [2.45, 2.75) is 71.3 Å². The standard InChI is InChI=1S/C14H26O/c1-3-12(2)11-14(15)13-9-7-5-4-6-8-10-13/h9,12,14-15H,3-8,10-11H2,1-2H3. The molecule has 88 valence electrons. The van der Waals surface area contributed by atoms with E-state index in [9.17, 15) is 5.11 Å². The van der Waals surface area contributed by atoms with Gasteiger partial charge in [0.15, 0.2) is 0 Å². The van der Waals surface area contributed by atoms with E-state index < -0.39 is 0 Å². The molecule has 0 saturated carbocycles. The third-order valence-electron chi connectivity index (χ3n) is 3.58. The van der Waals surface area contributed by atoms with Gasteiger partial charge >= 0.3 is 0 Å². The number of aliphatic hydroxyl groups is 1. The quantitative estimate of drug-likeness (QED) is 0.694. The van der Waals surface area contributed by atoms with Gasteiger partial charge in [0.2, 0.25) is 0 Å². The summed E-state index contributed by atoms with van der Waals surface area (Å²) in [6, 6.07) is 0. The molecule has 0 aromatic rings. The summed E-state index contributed by atoms with van der Waals surface area (Å²) < 4.78 is 0. The van der Waals surface area contributed by atoms with Crippen molar-refractivity contribution in [2.75, 3.05) is 0 Å². The van der Waals surface area contributed by atoms with Crippen LogP contribution in [-0.2, 0) is 0 Å². The minimum absolute atomic E-state index is 0.168. The first-order chi connectivity index (χ1) is 7.24. The molecular formula is C14H26O. The molecule has 1 nitrogen and oxygen atoms in total. The van der Waals surface area contributed by atoms with Crippen LogP contribution in [0.15, 0.2) is 11.6 Å². The van der Waals surface area contributed by atoms with Crippen LogP contribution in [0.25, 0.3) is 0 Å². The fourth-order valence-electron chi connectivity index (χ4n) is 2.22. The highest BCUT2D eigenvalue weighted by molar-refractivity contribution is 5.08. The fraction of sp³-hybridized carbons (Fsp3) is 0.857. The second-order valence-electron chi connectivity index (χ2n) is 5.00. The molecule has 1 aliphatic rings. The van der Waals surface area contributed by atoms with E-state index in [-0.39, 0.29) is 6.10 Å². The number of aliphatic hydroxyl groups excluding tert-OH is 1. The van der Waals surface area contributed by atoms with Crippen LogP contribution in [0.4, 0.5) is 0 Å². The predicted molar refractivity (Wildman–Crippen MR) is 65.9 cm³/mol. The molecule has 0 saturated heterocycles. The average molecular weight is 210 g/mol. The maximum absolute atomic E-state index is 10.1. The third kappa shape index (κ3) is 4.83. The highest BCUT2D eigenvalue weighted by Gasteiger charge is 2.14. The van der Waals surface area contributed by atoms with Crippen LogP contribution in [0, 0.1) is 5.92 Å². The van der Waals surface area contributed by atoms with Crippen molar-refractivity contribution in [1.29, 1.82) is 0 Å². The third-order valence-corrected chi connectivity index (χ3v) is 3.58. The van der Waals surface area contributed by atoms with Crippen LogP contribution in [-0.4, -0.2) is 11.2 Å². The Bertz CT molecular complexity index is 196. The largest absolute Gasteiger partial charge is 0.389 e. The lowest BCUT2D eigenvalue weighted by molar-refractivity contribution is 0.173. The van der Waals surface area contributed by atoms with Crippen LogP contribution in [0.5, 0.6) is 0 Å². The second-order valence-corrected chi connectivity index (χ2v) is 5.00. The van der Waals surface area contributed by atoms with Gasteiger partial charge in [0.1, 0.15) is 0 Å². The molecule has 0 aliphatic heterocycles. The van der Waals surface area contributed by atoms with Gasteiger partial charge in [0.25, 0.3) is 0 Å². The van der Waals surface area contributed by atoms with Crippen molar-refractivity contribution in [3.8, 4) is 0 Å². The van der Waals surface area contributed by atoms with E-state index in [1.54, 1.807) is 0 Å². The van der Waals surface area contributed by atoms with Crippen molar-refractivity contribution in [1.82, 2.24) is 0 Å². The Morgan fingerprint density at radius 3 is 2.73 bits per heavy atom. The number of hydrogen-bond donors (Lipinski definition) is 1. The van der Waals surface area contributed by atoms with Gasteiger partial charge in [0.05, 0.1) is 6.10 Å². The van der Waals surface area contributed by atoms with Gasteiger partial charge in [-0.2, -0.15) is 0 Å². The Morgan fingerprint density at radius 2 is 2.00 bits per heavy atom. The lowest BCUT2D eigenvalue weighted by Gasteiger charge is -2.20. The highest BCUT2D eigenvalue weighted by Crippen LogP contribution is 2.23. The Balaban J connectivity index is 2.44. The van der Waals surface area contributed by atoms with Gasteiger partial charge < -0.3 is 5.11 Å². The van der Waals surface area contributed by atoms with Crippen molar-refractivity contribution in [3.05, 3.63) is 11.6 Å². The summed E-state index contributed by atoms with van der Waals surface area (Å²) in [6.45, 7) is 4.43. The van der Waals surface area contributed by atoms with Crippen LogP contribution < -0.4 is 0 Å². The summed E-state index contributed by atoms with van der Waals surface area (Å²) in [5.41, 5.74) is 1.31. The number of allylic oxidation sites excluding steroid dienone is 1. The highest BCUT2D eigenvalue weighted by atomic mass is 16.3. The Kier molecular flexibility index (Phi) is 6.00. The lowest BCUT2D eigenvalue weighted by Crippen LogP contribution is -2.15. The summed E-state index contributed by atoms with van der Waals surface area (Å²) in [4.78, 5) is 0. The molecule has 1 heteroatoms. The Morgan fingerprint density at radius 1 is 1.27 bits per heavy atom. The number of rotatable bonds is 4. The van der Waals surface area contributed by atoms with Gasteiger partial charge in [-0.1, -0.05) is 39.2 Å². The van der Waals surface area contributed by atoms with Gasteiger partial charge in [-0.25, -0.2) is 0 Å². The van der Waals surface area contributed by atoms with E-state index >= 15 is 0 Å². The van der Waals surface area contributed by atoms with Gasteiger partial charge in [-0.3, -0.25) is 0 Å². The first-order valence-corrected chi connectivity index (χ1v) is 6.61. The zero-order chi connectivity index (χ0) is 11.1. The number of hydrogen-bond acceptors (Lipinski definition) is 1. The van der Waals surface area contributed by atoms with E-state index in [4.69, 9.17) is 0 Å². The molecule has 1 N–H and O–H groups in total. The first-order valence-electron chi connectivity index (χ1n) is 6.61. The molecule has 0 radical (unpaired) electrons. The van der Waals surface area contributed by atoms with Crippen molar-refractivity contribution < 1.29 is 5.11 Å². The zero-order valence-corrected chi connectivity index (χ0v) is 10.3. The molecular weight excluding hydrogens is 184 g/mol. The van der Waals surface area contributed by atoms with E-state index in [2.05, 4.69) is 19.9 Å². The van der Waals surface area contributed by atoms with Crippen molar-refractivity contribution >= 4 is 0 Å². The molecule has 0 heterocycles. The fourth-order valence-corrected chi connectivity index (χ4v) is 2.22. The van der Waals surface area contributed by atoms with Crippen molar-refractivity contribution in [3.63, 3.8) is 0 Å². The van der Waals surface area contributed by atoms with E-state index in [1.807, 2.05) is 0 Å². The summed E-state index contributed by atoms with van der Waals surface area (Å²) in [5.74, 6) is 0.645. The van der Waals surface area contributed by atoms with Crippen LogP contribution in [0.1, 0.15) is 65.2 Å². The molecule has 0 fully saturated rings. The molecule has 0 aromatic carbocycles. The van der Waals surface area contributed by atoms with Crippen LogP contribution in [0.2, 0.25) is 0 Å². The van der Waals surface area contributed by atoms with E-state index in [0.717, 1.165) is 12.8 Å². The van der Waals surface area contributed by atoms with E-state index in [0.29, 0.717) is 5.92 Å². The SMILES string of the molecule is CCC(C)CC(O)C1=CCCCCCC1. The van der Waals surface area contributed by atoms with Crippen LogP contribution in [0.3, 0.4) is 0 Å². The monoisotopic (exact) mass is 210 g/mol. The molecule has 0 spiro atoms. The molecule has 2 unspecified atom stereocenters. The minimum atomic E-state index is -0.168. The topological polar surface area (TPSA) is 20.2 Å². The average Bonchev–Trinajstić information content (AvgIpc) is 2.16. The normalized spacial score (nSPS) is 22.5. The zero-order valence-electron chi connectivity index (χ0n) is 10.3. The molecule has 2 atom stereocenters. The van der Waals surface area contributed by atoms with Gasteiger partial charge in [0, 0.05) is 0 Å². The Hall–Kier alpha value is -0.300. The summed E-state index contributed by atoms with van der Waals surface area (Å²) in [7, 11) is 0. The molecule has 0 bridgehead atoms. The summed E-state index contributed by atoms with van der Waals surface area (Å²) in [6.07, 6.45) is 11.8. The van der Waals surface area contributed by atoms with Gasteiger partial charge in [-0.15, -0.1) is 0 Å². The molecule has 0 amide bonds. The Labute approximate surface area is 94.6 Å². The smallest absolute Gasteiger partial charge is 0.0752 e. The second kappa shape index (κ2) is 7.05. The summed E-state index contributed by atoms with van der Waals surface area (Å²) in [5, 5.41) is 10.1.